The van der Waals surface area contributed by atoms with Gasteiger partial charge in [-0.1, -0.05) is 30.3 Å². The fraction of sp³-hybridized carbons (Fsp3) is 0.381. The van der Waals surface area contributed by atoms with Crippen molar-refractivity contribution in [3.05, 3.63) is 69.1 Å². The second kappa shape index (κ2) is 8.66. The Morgan fingerprint density at radius 1 is 1.11 bits per heavy atom. The number of aryl methyl sites for hydroxylation is 2. The van der Waals surface area contributed by atoms with Crippen LogP contribution in [-0.4, -0.2) is 33.4 Å². The number of amides is 1. The number of nitrogens with one attached hydrogen (secondary N) is 1. The zero-order valence-corrected chi connectivity index (χ0v) is 15.2. The van der Waals surface area contributed by atoms with Crippen LogP contribution in [0.15, 0.2) is 41.2 Å². The standard InChI is InChI=1S/C21H24N2O4/c24-19(25)11-6-12-23(14-15-7-2-1-3-8-15)21(27)17-13-16-9-4-5-10-18(16)22-20(17)26/h1-3,7-8,13H,4-6,9-12,14H2,(H,22,26)(H,24,25). The summed E-state index contributed by atoms with van der Waals surface area (Å²) in [5, 5.41) is 8.89. The van der Waals surface area contributed by atoms with Crippen LogP contribution in [0.2, 0.25) is 0 Å². The average Bonchev–Trinajstić information content (AvgIpc) is 2.66. The number of aromatic amines is 1. The fourth-order valence-electron chi connectivity index (χ4n) is 3.48. The number of carbonyl (C=O) groups excluding carboxylic acids is 1. The second-order valence-corrected chi connectivity index (χ2v) is 6.93. The summed E-state index contributed by atoms with van der Waals surface area (Å²) in [7, 11) is 0. The van der Waals surface area contributed by atoms with Gasteiger partial charge in [-0.2, -0.15) is 0 Å². The van der Waals surface area contributed by atoms with Gasteiger partial charge in [0.15, 0.2) is 0 Å². The maximum atomic E-state index is 13.1. The molecule has 1 aliphatic carbocycles. The summed E-state index contributed by atoms with van der Waals surface area (Å²) < 4.78 is 0. The van der Waals surface area contributed by atoms with E-state index >= 15 is 0 Å². The van der Waals surface area contributed by atoms with Gasteiger partial charge in [0, 0.05) is 25.2 Å². The molecule has 0 bridgehead atoms. The van der Waals surface area contributed by atoms with E-state index in [2.05, 4.69) is 4.98 Å². The predicted molar refractivity (Wildman–Crippen MR) is 102 cm³/mol. The maximum Gasteiger partial charge on any atom is 0.303 e. The quantitative estimate of drug-likeness (QED) is 0.786. The summed E-state index contributed by atoms with van der Waals surface area (Å²) in [5.41, 5.74) is 2.69. The number of hydrogen-bond donors (Lipinski definition) is 2. The van der Waals surface area contributed by atoms with Crippen LogP contribution in [0.25, 0.3) is 0 Å². The van der Waals surface area contributed by atoms with Gasteiger partial charge in [-0.15, -0.1) is 0 Å². The Bertz CT molecular complexity index is 873. The van der Waals surface area contributed by atoms with E-state index in [1.54, 1.807) is 11.0 Å². The molecule has 1 amide bonds. The molecule has 0 saturated heterocycles. The zero-order valence-electron chi connectivity index (χ0n) is 15.2. The monoisotopic (exact) mass is 368 g/mol. The van der Waals surface area contributed by atoms with Gasteiger partial charge in [0.1, 0.15) is 5.56 Å². The molecule has 0 fully saturated rings. The van der Waals surface area contributed by atoms with Crippen LogP contribution in [0, 0.1) is 0 Å². The number of aromatic nitrogens is 1. The normalized spacial score (nSPS) is 13.0. The second-order valence-electron chi connectivity index (χ2n) is 6.93. The summed E-state index contributed by atoms with van der Waals surface area (Å²) in [5.74, 6) is -1.24. The summed E-state index contributed by atoms with van der Waals surface area (Å²) in [4.78, 5) is 40.8. The van der Waals surface area contributed by atoms with Crippen molar-refractivity contribution in [2.75, 3.05) is 6.54 Å². The first-order valence-corrected chi connectivity index (χ1v) is 9.34. The topological polar surface area (TPSA) is 90.5 Å². The first-order chi connectivity index (χ1) is 13.0. The molecule has 142 valence electrons. The van der Waals surface area contributed by atoms with Crippen LogP contribution >= 0.6 is 0 Å². The van der Waals surface area contributed by atoms with E-state index in [0.29, 0.717) is 13.0 Å². The Kier molecular flexibility index (Phi) is 6.06. The molecule has 0 radical (unpaired) electrons. The first kappa shape index (κ1) is 18.9. The SMILES string of the molecule is O=C(O)CCCN(Cc1ccccc1)C(=O)c1cc2c([nH]c1=O)CCCC2. The molecule has 6 heteroatoms. The smallest absolute Gasteiger partial charge is 0.303 e. The number of pyridine rings is 1. The third-order valence-electron chi connectivity index (χ3n) is 4.89. The van der Waals surface area contributed by atoms with Crippen molar-refractivity contribution in [2.45, 2.75) is 45.1 Å². The van der Waals surface area contributed by atoms with Gasteiger partial charge < -0.3 is 15.0 Å². The van der Waals surface area contributed by atoms with Gasteiger partial charge >= 0.3 is 5.97 Å². The lowest BCUT2D eigenvalue weighted by Gasteiger charge is -2.23. The van der Waals surface area contributed by atoms with E-state index in [-0.39, 0.29) is 30.0 Å². The van der Waals surface area contributed by atoms with Crippen molar-refractivity contribution in [3.63, 3.8) is 0 Å². The van der Waals surface area contributed by atoms with E-state index in [9.17, 15) is 14.4 Å². The lowest BCUT2D eigenvalue weighted by atomic mass is 9.95. The highest BCUT2D eigenvalue weighted by molar-refractivity contribution is 5.94. The van der Waals surface area contributed by atoms with Crippen molar-refractivity contribution in [1.82, 2.24) is 9.88 Å². The molecule has 0 aliphatic heterocycles. The lowest BCUT2D eigenvalue weighted by molar-refractivity contribution is -0.137. The lowest BCUT2D eigenvalue weighted by Crippen LogP contribution is -2.36. The average molecular weight is 368 g/mol. The van der Waals surface area contributed by atoms with Gasteiger partial charge in [0.25, 0.3) is 11.5 Å². The molecule has 0 saturated carbocycles. The Morgan fingerprint density at radius 3 is 2.59 bits per heavy atom. The van der Waals surface area contributed by atoms with Gasteiger partial charge in [0.2, 0.25) is 0 Å². The van der Waals surface area contributed by atoms with Crippen LogP contribution in [-0.2, 0) is 24.2 Å². The molecule has 1 aromatic carbocycles. The number of aliphatic carboxylic acids is 1. The highest BCUT2D eigenvalue weighted by atomic mass is 16.4. The van der Waals surface area contributed by atoms with E-state index in [4.69, 9.17) is 5.11 Å². The molecule has 2 aromatic rings. The molecular weight excluding hydrogens is 344 g/mol. The molecule has 3 rings (SSSR count). The molecule has 1 aliphatic rings. The van der Waals surface area contributed by atoms with E-state index in [0.717, 1.165) is 42.5 Å². The van der Waals surface area contributed by atoms with E-state index < -0.39 is 5.97 Å². The van der Waals surface area contributed by atoms with Crippen molar-refractivity contribution >= 4 is 11.9 Å². The number of carboxylic acid groups (broad SMARTS) is 1. The third-order valence-corrected chi connectivity index (χ3v) is 4.89. The highest BCUT2D eigenvalue weighted by Crippen LogP contribution is 2.19. The number of benzene rings is 1. The van der Waals surface area contributed by atoms with Gasteiger partial charge in [0.05, 0.1) is 0 Å². The number of carboxylic acids is 1. The van der Waals surface area contributed by atoms with E-state index in [1.807, 2.05) is 30.3 Å². The molecule has 1 aromatic heterocycles. The molecule has 0 spiro atoms. The molecule has 1 heterocycles. The van der Waals surface area contributed by atoms with Crippen molar-refractivity contribution in [3.8, 4) is 0 Å². The molecule has 0 unspecified atom stereocenters. The summed E-state index contributed by atoms with van der Waals surface area (Å²) >= 11 is 0. The predicted octanol–water partition coefficient (Wildman–Crippen LogP) is 2.76. The third kappa shape index (κ3) is 4.84. The van der Waals surface area contributed by atoms with Gasteiger partial charge in [-0.3, -0.25) is 14.4 Å². The van der Waals surface area contributed by atoms with Crippen LogP contribution in [0.1, 0.15) is 52.9 Å². The number of fused-ring (bicyclic) bond motifs is 1. The van der Waals surface area contributed by atoms with Gasteiger partial charge in [-0.25, -0.2) is 0 Å². The number of hydrogen-bond acceptors (Lipinski definition) is 3. The number of H-pyrrole nitrogens is 1. The molecule has 2 N–H and O–H groups in total. The Morgan fingerprint density at radius 2 is 1.85 bits per heavy atom. The maximum absolute atomic E-state index is 13.1. The minimum absolute atomic E-state index is 0.0148. The van der Waals surface area contributed by atoms with Crippen LogP contribution < -0.4 is 5.56 Å². The van der Waals surface area contributed by atoms with Crippen LogP contribution in [0.5, 0.6) is 0 Å². The highest BCUT2D eigenvalue weighted by Gasteiger charge is 2.22. The van der Waals surface area contributed by atoms with Crippen LogP contribution in [0.3, 0.4) is 0 Å². The zero-order chi connectivity index (χ0) is 19.2. The first-order valence-electron chi connectivity index (χ1n) is 9.34. The minimum atomic E-state index is -0.895. The minimum Gasteiger partial charge on any atom is -0.481 e. The molecular formula is C21H24N2O4. The van der Waals surface area contributed by atoms with Gasteiger partial charge in [-0.05, 0) is 49.3 Å². The number of rotatable bonds is 7. The molecule has 6 nitrogen and oxygen atoms in total. The largest absolute Gasteiger partial charge is 0.481 e. The Balaban J connectivity index is 1.85. The Hall–Kier alpha value is -2.89. The summed E-state index contributed by atoms with van der Waals surface area (Å²) in [6.45, 7) is 0.631. The summed E-state index contributed by atoms with van der Waals surface area (Å²) in [6.07, 6.45) is 4.13. The Labute approximate surface area is 157 Å². The molecule has 0 atom stereocenters. The van der Waals surface area contributed by atoms with Crippen molar-refractivity contribution < 1.29 is 14.7 Å². The fourth-order valence-corrected chi connectivity index (χ4v) is 3.48. The van der Waals surface area contributed by atoms with Crippen molar-refractivity contribution in [1.29, 1.82) is 0 Å². The molecule has 27 heavy (non-hydrogen) atoms. The van der Waals surface area contributed by atoms with Crippen LogP contribution in [0.4, 0.5) is 0 Å². The number of nitrogens with zero attached hydrogens (tertiary/aromatic N) is 1. The summed E-state index contributed by atoms with van der Waals surface area (Å²) in [6, 6.07) is 11.2. The number of carbonyl (C=O) groups is 2. The van der Waals surface area contributed by atoms with Crippen molar-refractivity contribution in [2.24, 2.45) is 0 Å². The van der Waals surface area contributed by atoms with E-state index in [1.165, 1.54) is 0 Å².